The minimum Gasteiger partial charge on any atom is -0.504 e. The molecule has 0 aliphatic carbocycles. The third-order valence-electron chi connectivity index (χ3n) is 2.90. The number of carbonyl (C=O) groups is 1. The number of carbonyl (C=O) groups excluding carboxylic acids is 1. The third-order valence-corrected chi connectivity index (χ3v) is 3.10. The fraction of sp³-hybridized carbons (Fsp3) is 0.133. The van der Waals surface area contributed by atoms with Crippen LogP contribution in [0.3, 0.4) is 0 Å². The largest absolute Gasteiger partial charge is 0.504 e. The van der Waals surface area contributed by atoms with Crippen LogP contribution in [0.25, 0.3) is 0 Å². The topological polar surface area (TPSA) is 92.7 Å². The van der Waals surface area contributed by atoms with E-state index in [2.05, 4.69) is 15.6 Å². The van der Waals surface area contributed by atoms with E-state index in [9.17, 15) is 9.90 Å². The van der Waals surface area contributed by atoms with Gasteiger partial charge in [0.05, 0.1) is 19.8 Å². The van der Waals surface area contributed by atoms with Crippen molar-refractivity contribution in [3.8, 4) is 17.2 Å². The molecule has 1 heterocycles. The second-order valence-corrected chi connectivity index (χ2v) is 4.75. The Labute approximate surface area is 138 Å². The summed E-state index contributed by atoms with van der Waals surface area (Å²) < 4.78 is 10.2. The zero-order valence-corrected chi connectivity index (χ0v) is 13.3. The van der Waals surface area contributed by atoms with Crippen molar-refractivity contribution in [1.82, 2.24) is 10.3 Å². The van der Waals surface area contributed by atoms with E-state index in [1.807, 2.05) is 0 Å². The lowest BCUT2D eigenvalue weighted by Crippen LogP contribution is -2.34. The lowest BCUT2D eigenvalue weighted by Gasteiger charge is -2.12. The van der Waals surface area contributed by atoms with Gasteiger partial charge in [-0.3, -0.25) is 10.1 Å². The Morgan fingerprint density at radius 3 is 2.70 bits per heavy atom. The predicted octanol–water partition coefficient (Wildman–Crippen LogP) is 1.93. The molecule has 0 fully saturated rings. The van der Waals surface area contributed by atoms with Gasteiger partial charge < -0.3 is 19.9 Å². The number of pyridine rings is 1. The van der Waals surface area contributed by atoms with Crippen LogP contribution in [0, 0.1) is 0 Å². The highest BCUT2D eigenvalue weighted by Crippen LogP contribution is 2.24. The molecule has 8 heteroatoms. The van der Waals surface area contributed by atoms with Gasteiger partial charge in [-0.15, -0.1) is 0 Å². The molecule has 0 atom stereocenters. The smallest absolute Gasteiger partial charge is 0.261 e. The Kier molecular flexibility index (Phi) is 5.32. The molecule has 0 saturated heterocycles. The van der Waals surface area contributed by atoms with E-state index in [1.54, 1.807) is 24.3 Å². The van der Waals surface area contributed by atoms with Gasteiger partial charge >= 0.3 is 0 Å². The monoisotopic (exact) mass is 333 g/mol. The normalized spacial score (nSPS) is 9.83. The van der Waals surface area contributed by atoms with Crippen LogP contribution < -0.4 is 20.1 Å². The van der Waals surface area contributed by atoms with Gasteiger partial charge in [0, 0.05) is 12.3 Å². The summed E-state index contributed by atoms with van der Waals surface area (Å²) in [6.45, 7) is 0. The van der Waals surface area contributed by atoms with E-state index in [0.717, 1.165) is 0 Å². The number of anilines is 1. The standard InChI is InChI=1S/C15H15N3O4S/c1-21-9-5-6-10(12(8-9)22-2)14(20)18-15(23)17-13-11(19)4-3-7-16-13/h3-8,19H,1-2H3,(H2,16,17,18,20,23). The average Bonchev–Trinajstić information content (AvgIpc) is 2.56. The molecule has 1 aromatic heterocycles. The van der Waals surface area contributed by atoms with Crippen molar-refractivity contribution in [2.75, 3.05) is 19.5 Å². The molecule has 0 radical (unpaired) electrons. The molecule has 0 spiro atoms. The minimum atomic E-state index is -0.461. The minimum absolute atomic E-state index is 0.00173. The number of hydrogen-bond acceptors (Lipinski definition) is 6. The second kappa shape index (κ2) is 7.41. The number of benzene rings is 1. The van der Waals surface area contributed by atoms with Crippen molar-refractivity contribution in [3.05, 3.63) is 42.1 Å². The molecule has 7 nitrogen and oxygen atoms in total. The maximum atomic E-state index is 12.3. The zero-order chi connectivity index (χ0) is 16.8. The SMILES string of the molecule is COc1ccc(C(=O)NC(=S)Nc2ncccc2O)c(OC)c1. The number of nitrogens with one attached hydrogen (secondary N) is 2. The van der Waals surface area contributed by atoms with Gasteiger partial charge in [0.15, 0.2) is 16.7 Å². The summed E-state index contributed by atoms with van der Waals surface area (Å²) in [5.41, 5.74) is 0.294. The van der Waals surface area contributed by atoms with Gasteiger partial charge in [0.1, 0.15) is 11.5 Å². The first-order chi connectivity index (χ1) is 11.0. The average molecular weight is 333 g/mol. The molecule has 120 valence electrons. The van der Waals surface area contributed by atoms with Gasteiger partial charge in [0.2, 0.25) is 0 Å². The third kappa shape index (κ3) is 4.07. The van der Waals surface area contributed by atoms with Crippen LogP contribution in [-0.2, 0) is 0 Å². The fourth-order valence-electron chi connectivity index (χ4n) is 1.79. The van der Waals surface area contributed by atoms with Crippen LogP contribution >= 0.6 is 12.2 Å². The molecule has 1 amide bonds. The predicted molar refractivity (Wildman–Crippen MR) is 89.1 cm³/mol. The second-order valence-electron chi connectivity index (χ2n) is 4.35. The van der Waals surface area contributed by atoms with Gasteiger partial charge in [-0.1, -0.05) is 0 Å². The molecule has 0 aliphatic heterocycles. The Morgan fingerprint density at radius 2 is 2.04 bits per heavy atom. The van der Waals surface area contributed by atoms with E-state index in [4.69, 9.17) is 21.7 Å². The van der Waals surface area contributed by atoms with Gasteiger partial charge in [-0.2, -0.15) is 0 Å². The Bertz CT molecular complexity index is 736. The number of amides is 1. The number of thiocarbonyl (C=S) groups is 1. The Morgan fingerprint density at radius 1 is 1.26 bits per heavy atom. The lowest BCUT2D eigenvalue weighted by molar-refractivity contribution is 0.0974. The number of aromatic nitrogens is 1. The van der Waals surface area contributed by atoms with Crippen molar-refractivity contribution >= 4 is 29.1 Å². The van der Waals surface area contributed by atoms with E-state index in [1.165, 1.54) is 26.5 Å². The number of aromatic hydroxyl groups is 1. The summed E-state index contributed by atoms with van der Waals surface area (Å²) in [4.78, 5) is 16.2. The summed E-state index contributed by atoms with van der Waals surface area (Å²) in [6, 6.07) is 7.82. The zero-order valence-electron chi connectivity index (χ0n) is 12.5. The molecule has 2 aromatic rings. The number of hydrogen-bond donors (Lipinski definition) is 3. The summed E-state index contributed by atoms with van der Waals surface area (Å²) in [6.07, 6.45) is 1.49. The van der Waals surface area contributed by atoms with Crippen molar-refractivity contribution in [2.24, 2.45) is 0 Å². The molecule has 0 aliphatic rings. The Balaban J connectivity index is 2.10. The van der Waals surface area contributed by atoms with E-state index in [-0.39, 0.29) is 16.7 Å². The molecule has 23 heavy (non-hydrogen) atoms. The highest BCUT2D eigenvalue weighted by molar-refractivity contribution is 7.80. The van der Waals surface area contributed by atoms with Crippen LogP contribution in [0.4, 0.5) is 5.82 Å². The van der Waals surface area contributed by atoms with E-state index < -0.39 is 5.91 Å². The first-order valence-electron chi connectivity index (χ1n) is 6.53. The first-order valence-corrected chi connectivity index (χ1v) is 6.94. The quantitative estimate of drug-likeness (QED) is 0.736. The van der Waals surface area contributed by atoms with Crippen molar-refractivity contribution in [2.45, 2.75) is 0 Å². The molecule has 0 saturated carbocycles. The highest BCUT2D eigenvalue weighted by atomic mass is 32.1. The van der Waals surface area contributed by atoms with Crippen molar-refractivity contribution in [3.63, 3.8) is 0 Å². The van der Waals surface area contributed by atoms with Crippen LogP contribution in [-0.4, -0.2) is 35.3 Å². The summed E-state index contributed by atoms with van der Waals surface area (Å²) in [5, 5.41) is 14.8. The summed E-state index contributed by atoms with van der Waals surface area (Å²) >= 11 is 5.04. The van der Waals surface area contributed by atoms with E-state index in [0.29, 0.717) is 17.1 Å². The van der Waals surface area contributed by atoms with Crippen LogP contribution in [0.5, 0.6) is 17.2 Å². The molecule has 0 unspecified atom stereocenters. The molecule has 0 bridgehead atoms. The number of nitrogens with zero attached hydrogens (tertiary/aromatic N) is 1. The first kappa shape index (κ1) is 16.5. The van der Waals surface area contributed by atoms with Crippen LogP contribution in [0.15, 0.2) is 36.5 Å². The van der Waals surface area contributed by atoms with E-state index >= 15 is 0 Å². The van der Waals surface area contributed by atoms with Gasteiger partial charge in [-0.05, 0) is 36.5 Å². The van der Waals surface area contributed by atoms with Crippen molar-refractivity contribution in [1.29, 1.82) is 0 Å². The number of methoxy groups -OCH3 is 2. The van der Waals surface area contributed by atoms with Crippen LogP contribution in [0.1, 0.15) is 10.4 Å². The molecule has 2 rings (SSSR count). The molecule has 1 aromatic carbocycles. The summed E-state index contributed by atoms with van der Waals surface area (Å²) in [5.74, 6) is 0.533. The maximum Gasteiger partial charge on any atom is 0.261 e. The lowest BCUT2D eigenvalue weighted by atomic mass is 10.2. The van der Waals surface area contributed by atoms with Crippen molar-refractivity contribution < 1.29 is 19.4 Å². The number of rotatable bonds is 4. The Hall–Kier alpha value is -2.87. The summed E-state index contributed by atoms with van der Waals surface area (Å²) in [7, 11) is 2.97. The maximum absolute atomic E-state index is 12.3. The molecular formula is C15H15N3O4S. The molecule has 3 N–H and O–H groups in total. The van der Waals surface area contributed by atoms with Gasteiger partial charge in [-0.25, -0.2) is 4.98 Å². The highest BCUT2D eigenvalue weighted by Gasteiger charge is 2.15. The van der Waals surface area contributed by atoms with Crippen LogP contribution in [0.2, 0.25) is 0 Å². The number of ether oxygens (including phenoxy) is 2. The van der Waals surface area contributed by atoms with Gasteiger partial charge in [0.25, 0.3) is 5.91 Å². The fourth-order valence-corrected chi connectivity index (χ4v) is 1.98. The molecular weight excluding hydrogens is 318 g/mol.